The number of hydrogen-bond acceptors (Lipinski definition) is 8. The number of amides is 1. The molecule has 1 N–H and O–H groups in total. The molecule has 0 bridgehead atoms. The number of rotatable bonds is 7. The third-order valence-corrected chi connectivity index (χ3v) is 3.70. The highest BCUT2D eigenvalue weighted by molar-refractivity contribution is 9.10. The second kappa shape index (κ2) is 8.67. The first-order valence-corrected chi connectivity index (χ1v) is 8.57. The van der Waals surface area contributed by atoms with Crippen molar-refractivity contribution in [1.82, 2.24) is 0 Å². The number of carbonyl (C=O) groups excluding carboxylic acids is 4. The summed E-state index contributed by atoms with van der Waals surface area (Å²) in [7, 11) is 0. The van der Waals surface area contributed by atoms with Gasteiger partial charge in [0.05, 0.1) is 12.2 Å². The zero-order chi connectivity index (χ0) is 20.1. The molecule has 0 aliphatic rings. The molecule has 144 valence electrons. The summed E-state index contributed by atoms with van der Waals surface area (Å²) in [6, 6.07) is 2.87. The first-order valence-electron chi connectivity index (χ1n) is 7.78. The number of esters is 2. The van der Waals surface area contributed by atoms with Crippen molar-refractivity contribution in [1.29, 1.82) is 0 Å². The molecular weight excluding hydrogens is 426 g/mol. The van der Waals surface area contributed by atoms with E-state index in [0.29, 0.717) is 4.67 Å². The zero-order valence-electron chi connectivity index (χ0n) is 14.7. The molecule has 2 aromatic rings. The van der Waals surface area contributed by atoms with E-state index in [1.165, 1.54) is 26.0 Å². The lowest BCUT2D eigenvalue weighted by atomic mass is 10.1. The molecule has 0 atom stereocenters. The van der Waals surface area contributed by atoms with E-state index in [9.17, 15) is 19.2 Å². The lowest BCUT2D eigenvalue weighted by Crippen LogP contribution is -2.22. The highest BCUT2D eigenvalue weighted by Gasteiger charge is 2.29. The van der Waals surface area contributed by atoms with Gasteiger partial charge in [-0.1, -0.05) is 0 Å². The van der Waals surface area contributed by atoms with Crippen LogP contribution in [0.25, 0.3) is 0 Å². The second-order valence-electron chi connectivity index (χ2n) is 5.24. The summed E-state index contributed by atoms with van der Waals surface area (Å²) in [6.45, 7) is 3.75. The molecule has 27 heavy (non-hydrogen) atoms. The predicted molar refractivity (Wildman–Crippen MR) is 94.7 cm³/mol. The number of hydrogen-bond donors (Lipinski definition) is 1. The van der Waals surface area contributed by atoms with E-state index < -0.39 is 30.2 Å². The van der Waals surface area contributed by atoms with Gasteiger partial charge in [0.25, 0.3) is 5.91 Å². The highest BCUT2D eigenvalue weighted by Crippen LogP contribution is 2.28. The number of aryl methyl sites for hydroxylation is 1. The molecule has 0 spiro atoms. The van der Waals surface area contributed by atoms with Gasteiger partial charge in [-0.3, -0.25) is 14.9 Å². The summed E-state index contributed by atoms with van der Waals surface area (Å²) in [6.07, 6.45) is 0. The largest absolute Gasteiger partial charge is 0.462 e. The normalized spacial score (nSPS) is 10.4. The average Bonchev–Trinajstić information content (AvgIpc) is 3.16. The molecule has 1 amide bonds. The quantitative estimate of drug-likeness (QED) is 0.512. The van der Waals surface area contributed by atoms with Gasteiger partial charge in [0, 0.05) is 0 Å². The predicted octanol–water partition coefficient (Wildman–Crippen LogP) is 3.12. The number of furan rings is 2. The Hall–Kier alpha value is -2.88. The van der Waals surface area contributed by atoms with Crippen LogP contribution in [0.4, 0.5) is 5.88 Å². The molecule has 0 fully saturated rings. The van der Waals surface area contributed by atoms with E-state index in [0.717, 1.165) is 0 Å². The van der Waals surface area contributed by atoms with Crippen molar-refractivity contribution >= 4 is 45.4 Å². The monoisotopic (exact) mass is 441 g/mol. The molecule has 0 aliphatic heterocycles. The Kier molecular flexibility index (Phi) is 6.56. The van der Waals surface area contributed by atoms with Crippen molar-refractivity contribution in [3.63, 3.8) is 0 Å². The topological polar surface area (TPSA) is 125 Å². The minimum Gasteiger partial charge on any atom is -0.462 e. The van der Waals surface area contributed by atoms with Gasteiger partial charge < -0.3 is 18.3 Å². The fourth-order valence-corrected chi connectivity index (χ4v) is 2.55. The lowest BCUT2D eigenvalue weighted by molar-refractivity contribution is -0.119. The summed E-state index contributed by atoms with van der Waals surface area (Å²) in [4.78, 5) is 47.8. The fraction of sp³-hybridized carbons (Fsp3) is 0.294. The Bertz CT molecular complexity index is 895. The number of ketones is 1. The average molecular weight is 442 g/mol. The Morgan fingerprint density at radius 2 is 1.78 bits per heavy atom. The zero-order valence-corrected chi connectivity index (χ0v) is 16.3. The van der Waals surface area contributed by atoms with E-state index in [1.807, 2.05) is 0 Å². The van der Waals surface area contributed by atoms with Crippen LogP contribution in [0, 0.1) is 6.92 Å². The summed E-state index contributed by atoms with van der Waals surface area (Å²) in [5.74, 6) is -3.04. The molecule has 9 nitrogen and oxygen atoms in total. The molecule has 2 aromatic heterocycles. The van der Waals surface area contributed by atoms with Crippen LogP contribution in [0.1, 0.15) is 50.9 Å². The molecule has 0 unspecified atom stereocenters. The molecule has 2 rings (SSSR count). The molecule has 0 saturated carbocycles. The molecule has 0 aromatic carbocycles. The maximum Gasteiger partial charge on any atom is 0.374 e. The number of ether oxygens (including phenoxy) is 2. The lowest BCUT2D eigenvalue weighted by Gasteiger charge is -2.06. The maximum absolute atomic E-state index is 12.2. The molecule has 0 aliphatic carbocycles. The first kappa shape index (κ1) is 20.4. The van der Waals surface area contributed by atoms with Crippen LogP contribution in [0.3, 0.4) is 0 Å². The van der Waals surface area contributed by atoms with Gasteiger partial charge >= 0.3 is 11.9 Å². The van der Waals surface area contributed by atoms with Gasteiger partial charge in [-0.15, -0.1) is 0 Å². The first-order chi connectivity index (χ1) is 12.7. The van der Waals surface area contributed by atoms with Gasteiger partial charge in [0.15, 0.2) is 17.1 Å². The molecule has 0 radical (unpaired) electrons. The van der Waals surface area contributed by atoms with Gasteiger partial charge in [0.1, 0.15) is 11.3 Å². The molecular formula is C17H16BrNO8. The molecule has 10 heteroatoms. The van der Waals surface area contributed by atoms with Crippen LogP contribution in [-0.4, -0.2) is 36.8 Å². The SMILES string of the molecule is CCOC(=O)c1c(NC(=O)COC(=O)c2ccc(Br)o2)oc(C)c1C(C)=O. The number of carbonyl (C=O) groups is 4. The van der Waals surface area contributed by atoms with Crippen molar-refractivity contribution in [2.75, 3.05) is 18.5 Å². The van der Waals surface area contributed by atoms with E-state index in [1.54, 1.807) is 6.92 Å². The minimum atomic E-state index is -0.846. The van der Waals surface area contributed by atoms with Crippen molar-refractivity contribution in [2.45, 2.75) is 20.8 Å². The Morgan fingerprint density at radius 3 is 2.33 bits per heavy atom. The molecule has 2 heterocycles. The fourth-order valence-electron chi connectivity index (χ4n) is 2.24. The Balaban J connectivity index is 2.12. The van der Waals surface area contributed by atoms with Gasteiger partial charge in [-0.25, -0.2) is 9.59 Å². The number of halogens is 1. The number of anilines is 1. The van der Waals surface area contributed by atoms with Crippen LogP contribution in [0.15, 0.2) is 25.6 Å². The van der Waals surface area contributed by atoms with Crippen molar-refractivity contribution in [3.8, 4) is 0 Å². The van der Waals surface area contributed by atoms with Crippen LogP contribution in [0.2, 0.25) is 0 Å². The van der Waals surface area contributed by atoms with Crippen LogP contribution in [0.5, 0.6) is 0 Å². The minimum absolute atomic E-state index is 0.0150. The van der Waals surface area contributed by atoms with Crippen LogP contribution < -0.4 is 5.32 Å². The summed E-state index contributed by atoms with van der Waals surface area (Å²) < 4.78 is 20.4. The van der Waals surface area contributed by atoms with E-state index >= 15 is 0 Å². The van der Waals surface area contributed by atoms with Crippen molar-refractivity contribution in [2.24, 2.45) is 0 Å². The van der Waals surface area contributed by atoms with E-state index in [4.69, 9.17) is 18.3 Å². The number of nitrogens with one attached hydrogen (secondary N) is 1. The molecule has 0 saturated heterocycles. The third kappa shape index (κ3) is 4.85. The van der Waals surface area contributed by atoms with E-state index in [-0.39, 0.29) is 35.1 Å². The number of Topliss-reactive ketones (excluding diaryl/α,β-unsaturated/α-hetero) is 1. The highest BCUT2D eigenvalue weighted by atomic mass is 79.9. The Morgan fingerprint density at radius 1 is 1.07 bits per heavy atom. The Labute approximate surface area is 162 Å². The standard InChI is InChI=1S/C17H16BrNO8/c1-4-24-17(23)14-13(8(2)20)9(3)26-15(14)19-12(21)7-25-16(22)10-5-6-11(18)27-10/h5-6H,4,7H2,1-3H3,(H,19,21). The van der Waals surface area contributed by atoms with Crippen LogP contribution >= 0.6 is 15.9 Å². The summed E-state index contributed by atoms with van der Waals surface area (Å²) in [5.41, 5.74) is -0.169. The van der Waals surface area contributed by atoms with Crippen molar-refractivity contribution < 1.29 is 37.5 Å². The van der Waals surface area contributed by atoms with Gasteiger partial charge in [0.2, 0.25) is 11.6 Å². The summed E-state index contributed by atoms with van der Waals surface area (Å²) >= 11 is 3.04. The maximum atomic E-state index is 12.2. The second-order valence-corrected chi connectivity index (χ2v) is 6.02. The van der Waals surface area contributed by atoms with Gasteiger partial charge in [-0.2, -0.15) is 0 Å². The van der Waals surface area contributed by atoms with Crippen LogP contribution in [-0.2, 0) is 14.3 Å². The van der Waals surface area contributed by atoms with Gasteiger partial charge in [-0.05, 0) is 48.8 Å². The van der Waals surface area contributed by atoms with E-state index in [2.05, 4.69) is 21.2 Å². The van der Waals surface area contributed by atoms with Crippen molar-refractivity contribution in [3.05, 3.63) is 39.4 Å². The summed E-state index contributed by atoms with van der Waals surface area (Å²) in [5, 5.41) is 2.30. The third-order valence-electron chi connectivity index (χ3n) is 3.28. The smallest absolute Gasteiger partial charge is 0.374 e.